The summed E-state index contributed by atoms with van der Waals surface area (Å²) in [5.74, 6) is 0.255. The average Bonchev–Trinajstić information content (AvgIpc) is 2.61. The second kappa shape index (κ2) is 9.36. The van der Waals surface area contributed by atoms with Crippen LogP contribution in [-0.4, -0.2) is 17.5 Å². The maximum Gasteiger partial charge on any atom is 0.196 e. The first-order chi connectivity index (χ1) is 11.7. The van der Waals surface area contributed by atoms with Gasteiger partial charge >= 0.3 is 0 Å². The van der Waals surface area contributed by atoms with Gasteiger partial charge in [-0.3, -0.25) is 4.79 Å². The molecule has 0 bridgehead atoms. The number of unbranched alkanes of at least 4 members (excludes halogenated alkanes) is 2. The Morgan fingerprint density at radius 3 is 2.58 bits per heavy atom. The highest BCUT2D eigenvalue weighted by Crippen LogP contribution is 2.25. The van der Waals surface area contributed by atoms with Crippen LogP contribution in [0.25, 0.3) is 0 Å². The minimum atomic E-state index is -0.207. The van der Waals surface area contributed by atoms with E-state index in [2.05, 4.69) is 12.7 Å². The maximum atomic E-state index is 12.3. The Kier molecular flexibility index (Phi) is 6.84. The highest BCUT2D eigenvalue weighted by Gasteiger charge is 2.13. The molecule has 0 radical (unpaired) electrons. The van der Waals surface area contributed by atoms with Gasteiger partial charge in [0.1, 0.15) is 18.1 Å². The second-order valence-electron chi connectivity index (χ2n) is 5.38. The maximum absolute atomic E-state index is 12.3. The van der Waals surface area contributed by atoms with E-state index in [1.54, 1.807) is 36.4 Å². The number of carbonyl (C=O) groups excluding carboxylic acids is 1. The van der Waals surface area contributed by atoms with E-state index in [1.807, 2.05) is 18.2 Å². The van der Waals surface area contributed by atoms with Crippen LogP contribution in [0.3, 0.4) is 0 Å². The zero-order valence-corrected chi connectivity index (χ0v) is 13.7. The van der Waals surface area contributed by atoms with Gasteiger partial charge in [-0.2, -0.15) is 0 Å². The van der Waals surface area contributed by atoms with Gasteiger partial charge in [0, 0.05) is 11.6 Å². The van der Waals surface area contributed by atoms with Crippen molar-refractivity contribution in [1.82, 2.24) is 0 Å². The van der Waals surface area contributed by atoms with Crippen molar-refractivity contribution in [2.24, 2.45) is 0 Å². The third-order valence-corrected chi connectivity index (χ3v) is 3.54. The molecule has 0 aliphatic rings. The lowest BCUT2D eigenvalue weighted by molar-refractivity contribution is 0.103. The van der Waals surface area contributed by atoms with Crippen LogP contribution >= 0.6 is 0 Å². The molecule has 1 N–H and O–H groups in total. The molecule has 0 saturated carbocycles. The van der Waals surface area contributed by atoms with Gasteiger partial charge in [-0.1, -0.05) is 48.6 Å². The summed E-state index contributed by atoms with van der Waals surface area (Å²) in [7, 11) is 0. The summed E-state index contributed by atoms with van der Waals surface area (Å²) in [4.78, 5) is 12.3. The second-order valence-corrected chi connectivity index (χ2v) is 5.38. The van der Waals surface area contributed by atoms with E-state index in [1.165, 1.54) is 6.07 Å². The Morgan fingerprint density at radius 1 is 1.08 bits per heavy atom. The van der Waals surface area contributed by atoms with Crippen LogP contribution in [0.2, 0.25) is 0 Å². The van der Waals surface area contributed by atoms with E-state index in [9.17, 15) is 9.90 Å². The smallest absolute Gasteiger partial charge is 0.196 e. The summed E-state index contributed by atoms with van der Waals surface area (Å²) in [6, 6.07) is 13.6. The number of phenolic OH excluding ortho intramolecular Hbond substituents is 1. The quantitative estimate of drug-likeness (QED) is 0.405. The monoisotopic (exact) mass is 322 g/mol. The molecule has 2 aromatic carbocycles. The lowest BCUT2D eigenvalue weighted by Crippen LogP contribution is -2.02. The lowest BCUT2D eigenvalue weighted by Gasteiger charge is -2.07. The molecular weight excluding hydrogens is 300 g/mol. The molecule has 0 aromatic heterocycles. The van der Waals surface area contributed by atoms with Gasteiger partial charge in [0.05, 0.1) is 5.56 Å². The van der Waals surface area contributed by atoms with Crippen LogP contribution in [0.1, 0.15) is 35.2 Å². The van der Waals surface area contributed by atoms with Crippen molar-refractivity contribution < 1.29 is 14.6 Å². The van der Waals surface area contributed by atoms with E-state index in [4.69, 9.17) is 4.74 Å². The van der Waals surface area contributed by atoms with Crippen LogP contribution in [-0.2, 0) is 0 Å². The number of carbonyl (C=O) groups is 1. The lowest BCUT2D eigenvalue weighted by atomic mass is 10.0. The van der Waals surface area contributed by atoms with Gasteiger partial charge < -0.3 is 9.84 Å². The van der Waals surface area contributed by atoms with Gasteiger partial charge in [0.25, 0.3) is 0 Å². The molecule has 0 aliphatic heterocycles. The molecule has 2 aromatic rings. The minimum absolute atomic E-state index is 0.0729. The molecule has 0 aliphatic carbocycles. The number of ether oxygens (including phenoxy) is 1. The highest BCUT2D eigenvalue weighted by molar-refractivity contribution is 6.10. The van der Waals surface area contributed by atoms with Gasteiger partial charge in [-0.25, -0.2) is 0 Å². The molecule has 124 valence electrons. The van der Waals surface area contributed by atoms with Crippen molar-refractivity contribution in [3.8, 4) is 11.5 Å². The fraction of sp³-hybridized carbons (Fsp3) is 0.190. The Hall–Kier alpha value is -2.81. The Balaban J connectivity index is 1.92. The number of hydrogen-bond donors (Lipinski definition) is 1. The van der Waals surface area contributed by atoms with E-state index in [-0.39, 0.29) is 17.1 Å². The van der Waals surface area contributed by atoms with Crippen molar-refractivity contribution in [1.29, 1.82) is 0 Å². The summed E-state index contributed by atoms with van der Waals surface area (Å²) < 4.78 is 5.56. The molecule has 0 fully saturated rings. The van der Waals surface area contributed by atoms with Crippen molar-refractivity contribution in [2.45, 2.75) is 19.3 Å². The number of allylic oxidation sites excluding steroid dienone is 2. The zero-order chi connectivity index (χ0) is 17.2. The van der Waals surface area contributed by atoms with E-state index < -0.39 is 0 Å². The topological polar surface area (TPSA) is 46.5 Å². The third-order valence-electron chi connectivity index (χ3n) is 3.54. The van der Waals surface area contributed by atoms with Crippen molar-refractivity contribution in [3.05, 3.63) is 84.5 Å². The van der Waals surface area contributed by atoms with Crippen LogP contribution < -0.4 is 4.74 Å². The predicted molar refractivity (Wildman–Crippen MR) is 96.7 cm³/mol. The van der Waals surface area contributed by atoms with Crippen molar-refractivity contribution in [2.75, 3.05) is 6.61 Å². The first-order valence-corrected chi connectivity index (χ1v) is 8.04. The van der Waals surface area contributed by atoms with Crippen molar-refractivity contribution in [3.63, 3.8) is 0 Å². The summed E-state index contributed by atoms with van der Waals surface area (Å²) >= 11 is 0. The molecule has 0 amide bonds. The number of aromatic hydroxyl groups is 1. The van der Waals surface area contributed by atoms with Crippen molar-refractivity contribution >= 4 is 5.78 Å². The first kappa shape index (κ1) is 17.5. The van der Waals surface area contributed by atoms with Crippen LogP contribution in [0, 0.1) is 0 Å². The minimum Gasteiger partial charge on any atom is -0.507 e. The number of benzene rings is 2. The molecule has 0 saturated heterocycles. The summed E-state index contributed by atoms with van der Waals surface area (Å²) in [5.41, 5.74) is 0.817. The summed E-state index contributed by atoms with van der Waals surface area (Å²) in [5, 5.41) is 10.1. The van der Waals surface area contributed by atoms with Gasteiger partial charge in [-0.05, 0) is 31.4 Å². The first-order valence-electron chi connectivity index (χ1n) is 8.04. The van der Waals surface area contributed by atoms with Gasteiger partial charge in [-0.15, -0.1) is 6.58 Å². The molecule has 0 atom stereocenters. The fourth-order valence-electron chi connectivity index (χ4n) is 2.25. The summed E-state index contributed by atoms with van der Waals surface area (Å²) in [6.07, 6.45) is 9.00. The number of ketones is 1. The Morgan fingerprint density at radius 2 is 1.88 bits per heavy atom. The molecule has 0 heterocycles. The number of rotatable bonds is 9. The largest absolute Gasteiger partial charge is 0.507 e. The van der Waals surface area contributed by atoms with E-state index in [0.717, 1.165) is 19.3 Å². The molecule has 2 rings (SSSR count). The van der Waals surface area contributed by atoms with E-state index in [0.29, 0.717) is 17.9 Å². The SMILES string of the molecule is C=CCCCC=CCOc1ccc(C(=O)c2ccccc2)c(O)c1. The van der Waals surface area contributed by atoms with Crippen LogP contribution in [0.4, 0.5) is 0 Å². The summed E-state index contributed by atoms with van der Waals surface area (Å²) in [6.45, 7) is 4.11. The standard InChI is InChI=1S/C21H22O3/c1-2-3-4-5-6-10-15-24-18-13-14-19(20(22)16-18)21(23)17-11-8-7-9-12-17/h2,6-14,16,22H,1,3-5,15H2. The highest BCUT2D eigenvalue weighted by atomic mass is 16.5. The normalized spacial score (nSPS) is 10.7. The Bertz CT molecular complexity index is 702. The average molecular weight is 322 g/mol. The van der Waals surface area contributed by atoms with E-state index >= 15 is 0 Å². The molecule has 3 nitrogen and oxygen atoms in total. The molecule has 0 spiro atoms. The van der Waals surface area contributed by atoms with Gasteiger partial charge in [0.15, 0.2) is 5.78 Å². The molecular formula is C21H22O3. The predicted octanol–water partition coefficient (Wildman–Crippen LogP) is 4.91. The zero-order valence-electron chi connectivity index (χ0n) is 13.7. The fourth-order valence-corrected chi connectivity index (χ4v) is 2.25. The third kappa shape index (κ3) is 5.13. The molecule has 0 unspecified atom stereocenters. The van der Waals surface area contributed by atoms with Gasteiger partial charge in [0.2, 0.25) is 0 Å². The molecule has 3 heteroatoms. The Labute approximate surface area is 142 Å². The van der Waals surface area contributed by atoms with Crippen LogP contribution in [0.5, 0.6) is 11.5 Å². The number of phenols is 1. The molecule has 24 heavy (non-hydrogen) atoms. The van der Waals surface area contributed by atoms with Crippen LogP contribution in [0.15, 0.2) is 73.3 Å². The number of hydrogen-bond acceptors (Lipinski definition) is 3.